The van der Waals surface area contributed by atoms with Gasteiger partial charge in [0.2, 0.25) is 5.91 Å². The molecule has 2 unspecified atom stereocenters. The van der Waals surface area contributed by atoms with Gasteiger partial charge in [0.05, 0.1) is 12.7 Å². The predicted molar refractivity (Wildman–Crippen MR) is 59.4 cm³/mol. The standard InChI is InChI=1S/C11H21N3O/c1-9-12-6-11(15)14(9)8-10-4-3-5-13(2)7-10/h9-10,12H,3-8H2,1-2H3. The summed E-state index contributed by atoms with van der Waals surface area (Å²) in [7, 11) is 2.17. The number of amides is 1. The van der Waals surface area contributed by atoms with Crippen molar-refractivity contribution in [2.75, 3.05) is 33.2 Å². The van der Waals surface area contributed by atoms with E-state index in [0.29, 0.717) is 12.5 Å². The summed E-state index contributed by atoms with van der Waals surface area (Å²) in [6.07, 6.45) is 2.76. The number of hydrogen-bond donors (Lipinski definition) is 1. The maximum atomic E-state index is 11.6. The minimum Gasteiger partial charge on any atom is -0.326 e. The van der Waals surface area contributed by atoms with Crippen LogP contribution in [0.5, 0.6) is 0 Å². The molecule has 2 aliphatic rings. The second kappa shape index (κ2) is 4.49. The predicted octanol–water partition coefficient (Wildman–Crippen LogP) is 0.106. The second-order valence-corrected chi connectivity index (χ2v) is 4.87. The molecular formula is C11H21N3O. The molecule has 2 fully saturated rings. The van der Waals surface area contributed by atoms with E-state index in [4.69, 9.17) is 0 Å². The van der Waals surface area contributed by atoms with Gasteiger partial charge >= 0.3 is 0 Å². The highest BCUT2D eigenvalue weighted by atomic mass is 16.2. The van der Waals surface area contributed by atoms with Gasteiger partial charge in [0.25, 0.3) is 0 Å². The largest absolute Gasteiger partial charge is 0.326 e. The lowest BCUT2D eigenvalue weighted by Gasteiger charge is -2.33. The summed E-state index contributed by atoms with van der Waals surface area (Å²) in [6.45, 7) is 5.85. The van der Waals surface area contributed by atoms with Crippen LogP contribution in [0.15, 0.2) is 0 Å². The lowest BCUT2D eigenvalue weighted by atomic mass is 9.98. The number of nitrogens with one attached hydrogen (secondary N) is 1. The Morgan fingerprint density at radius 2 is 2.33 bits per heavy atom. The summed E-state index contributed by atoms with van der Waals surface area (Å²) < 4.78 is 0. The van der Waals surface area contributed by atoms with Crippen molar-refractivity contribution in [3.8, 4) is 0 Å². The molecule has 0 radical (unpaired) electrons. The van der Waals surface area contributed by atoms with Crippen molar-refractivity contribution < 1.29 is 4.79 Å². The first kappa shape index (κ1) is 10.9. The highest BCUT2D eigenvalue weighted by Crippen LogP contribution is 2.18. The molecule has 2 saturated heterocycles. The molecule has 86 valence electrons. The number of likely N-dealkylation sites (tertiary alicyclic amines) is 1. The van der Waals surface area contributed by atoms with Gasteiger partial charge in [-0.25, -0.2) is 0 Å². The van der Waals surface area contributed by atoms with Gasteiger partial charge < -0.3 is 9.80 Å². The zero-order valence-corrected chi connectivity index (χ0v) is 9.70. The molecule has 0 saturated carbocycles. The number of rotatable bonds is 2. The van der Waals surface area contributed by atoms with Gasteiger partial charge in [-0.1, -0.05) is 0 Å². The van der Waals surface area contributed by atoms with E-state index in [1.807, 2.05) is 4.90 Å². The normalized spacial score (nSPS) is 33.7. The van der Waals surface area contributed by atoms with E-state index in [1.165, 1.54) is 19.4 Å². The third kappa shape index (κ3) is 2.49. The van der Waals surface area contributed by atoms with Crippen LogP contribution in [0.1, 0.15) is 19.8 Å². The van der Waals surface area contributed by atoms with Crippen LogP contribution >= 0.6 is 0 Å². The van der Waals surface area contributed by atoms with Gasteiger partial charge in [-0.3, -0.25) is 10.1 Å². The molecule has 4 nitrogen and oxygen atoms in total. The molecule has 2 aliphatic heterocycles. The van der Waals surface area contributed by atoms with Crippen LogP contribution in [-0.2, 0) is 4.79 Å². The van der Waals surface area contributed by atoms with Gasteiger partial charge in [-0.2, -0.15) is 0 Å². The van der Waals surface area contributed by atoms with Crippen LogP contribution < -0.4 is 5.32 Å². The molecule has 0 spiro atoms. The van der Waals surface area contributed by atoms with Crippen LogP contribution in [0.2, 0.25) is 0 Å². The van der Waals surface area contributed by atoms with Crippen LogP contribution in [0, 0.1) is 5.92 Å². The zero-order valence-electron chi connectivity index (χ0n) is 9.70. The van der Waals surface area contributed by atoms with E-state index < -0.39 is 0 Å². The van der Waals surface area contributed by atoms with Crippen molar-refractivity contribution in [2.24, 2.45) is 5.92 Å². The molecule has 2 atom stereocenters. The molecule has 2 heterocycles. The Hall–Kier alpha value is -0.610. The minimum absolute atomic E-state index is 0.227. The fourth-order valence-corrected chi connectivity index (χ4v) is 2.62. The molecule has 1 amide bonds. The van der Waals surface area contributed by atoms with E-state index in [1.54, 1.807) is 0 Å². The van der Waals surface area contributed by atoms with Gasteiger partial charge in [0, 0.05) is 13.1 Å². The minimum atomic E-state index is 0.227. The quantitative estimate of drug-likeness (QED) is 0.704. The molecular weight excluding hydrogens is 190 g/mol. The Morgan fingerprint density at radius 3 is 2.93 bits per heavy atom. The van der Waals surface area contributed by atoms with Gasteiger partial charge in [0.1, 0.15) is 0 Å². The van der Waals surface area contributed by atoms with Crippen molar-refractivity contribution in [2.45, 2.75) is 25.9 Å². The second-order valence-electron chi connectivity index (χ2n) is 4.87. The third-order valence-corrected chi connectivity index (χ3v) is 3.51. The van der Waals surface area contributed by atoms with Crippen molar-refractivity contribution in [3.63, 3.8) is 0 Å². The van der Waals surface area contributed by atoms with E-state index in [-0.39, 0.29) is 12.1 Å². The summed E-state index contributed by atoms with van der Waals surface area (Å²) in [5.74, 6) is 0.922. The molecule has 0 aromatic heterocycles. The average Bonchev–Trinajstić information content (AvgIpc) is 2.50. The van der Waals surface area contributed by atoms with Crippen LogP contribution in [-0.4, -0.2) is 55.1 Å². The Bertz CT molecular complexity index is 244. The van der Waals surface area contributed by atoms with E-state index in [0.717, 1.165) is 13.1 Å². The molecule has 0 aromatic rings. The Labute approximate surface area is 91.6 Å². The van der Waals surface area contributed by atoms with Gasteiger partial charge in [0.15, 0.2) is 0 Å². The molecule has 15 heavy (non-hydrogen) atoms. The fraction of sp³-hybridized carbons (Fsp3) is 0.909. The van der Waals surface area contributed by atoms with E-state index in [9.17, 15) is 4.79 Å². The summed E-state index contributed by atoms with van der Waals surface area (Å²) in [4.78, 5) is 15.9. The highest BCUT2D eigenvalue weighted by molar-refractivity contribution is 5.80. The zero-order chi connectivity index (χ0) is 10.8. The summed E-state index contributed by atoms with van der Waals surface area (Å²) in [6, 6.07) is 0. The van der Waals surface area contributed by atoms with Gasteiger partial charge in [-0.05, 0) is 39.3 Å². The average molecular weight is 211 g/mol. The summed E-state index contributed by atoms with van der Waals surface area (Å²) in [5.41, 5.74) is 0. The maximum Gasteiger partial charge on any atom is 0.237 e. The smallest absolute Gasteiger partial charge is 0.237 e. The molecule has 2 rings (SSSR count). The first-order valence-electron chi connectivity index (χ1n) is 5.88. The van der Waals surface area contributed by atoms with Gasteiger partial charge in [-0.15, -0.1) is 0 Å². The fourth-order valence-electron chi connectivity index (χ4n) is 2.62. The summed E-state index contributed by atoms with van der Waals surface area (Å²) >= 11 is 0. The number of piperidine rings is 1. The molecule has 0 bridgehead atoms. The van der Waals surface area contributed by atoms with Crippen molar-refractivity contribution in [1.29, 1.82) is 0 Å². The number of carbonyl (C=O) groups excluding carboxylic acids is 1. The number of carbonyl (C=O) groups is 1. The van der Waals surface area contributed by atoms with Crippen LogP contribution in [0.3, 0.4) is 0 Å². The first-order chi connectivity index (χ1) is 7.16. The number of hydrogen-bond acceptors (Lipinski definition) is 3. The molecule has 4 heteroatoms. The molecule has 0 aromatic carbocycles. The van der Waals surface area contributed by atoms with E-state index >= 15 is 0 Å². The topological polar surface area (TPSA) is 35.6 Å². The molecule has 0 aliphatic carbocycles. The molecule has 1 N–H and O–H groups in total. The first-order valence-corrected chi connectivity index (χ1v) is 5.88. The van der Waals surface area contributed by atoms with Crippen molar-refractivity contribution >= 4 is 5.91 Å². The summed E-state index contributed by atoms with van der Waals surface area (Å²) in [5, 5.41) is 3.18. The lowest BCUT2D eigenvalue weighted by molar-refractivity contribution is -0.128. The van der Waals surface area contributed by atoms with Crippen LogP contribution in [0.4, 0.5) is 0 Å². The van der Waals surface area contributed by atoms with Crippen LogP contribution in [0.25, 0.3) is 0 Å². The maximum absolute atomic E-state index is 11.6. The highest BCUT2D eigenvalue weighted by Gasteiger charge is 2.30. The Kier molecular flexibility index (Phi) is 3.26. The Balaban J connectivity index is 1.87. The Morgan fingerprint density at radius 1 is 1.53 bits per heavy atom. The van der Waals surface area contributed by atoms with Crippen molar-refractivity contribution in [3.05, 3.63) is 0 Å². The van der Waals surface area contributed by atoms with E-state index in [2.05, 4.69) is 24.2 Å². The monoisotopic (exact) mass is 211 g/mol. The third-order valence-electron chi connectivity index (χ3n) is 3.51. The SMILES string of the molecule is CC1NCC(=O)N1CC1CCCN(C)C1. The lowest BCUT2D eigenvalue weighted by Crippen LogP contribution is -2.43. The van der Waals surface area contributed by atoms with Crippen molar-refractivity contribution in [1.82, 2.24) is 15.1 Å². The number of nitrogens with zero attached hydrogens (tertiary/aromatic N) is 2.